The number of halogens is 1. The molecule has 7 heteroatoms. The lowest BCUT2D eigenvalue weighted by molar-refractivity contribution is -0.141. The first-order chi connectivity index (χ1) is 12.9. The number of rotatable bonds is 8. The first kappa shape index (κ1) is 19.8. The minimum atomic E-state index is -1.16. The third-order valence-corrected chi connectivity index (χ3v) is 3.64. The number of nitrogens with one attached hydrogen (secondary N) is 2. The van der Waals surface area contributed by atoms with Crippen LogP contribution in [0.3, 0.4) is 0 Å². The Morgan fingerprint density at radius 3 is 2.33 bits per heavy atom. The van der Waals surface area contributed by atoms with Crippen molar-refractivity contribution in [3.63, 3.8) is 0 Å². The van der Waals surface area contributed by atoms with Crippen LogP contribution in [0.5, 0.6) is 0 Å². The molecular formula is C20H19FN2O4. The van der Waals surface area contributed by atoms with E-state index in [1.807, 2.05) is 6.07 Å². The molecule has 0 aliphatic rings. The van der Waals surface area contributed by atoms with Crippen molar-refractivity contribution in [1.82, 2.24) is 10.6 Å². The molecule has 6 nitrogen and oxygen atoms in total. The van der Waals surface area contributed by atoms with Crippen LogP contribution in [0.2, 0.25) is 0 Å². The number of hydrogen-bond donors (Lipinski definition) is 3. The summed E-state index contributed by atoms with van der Waals surface area (Å²) in [6, 6.07) is 13.4. The van der Waals surface area contributed by atoms with E-state index < -0.39 is 23.8 Å². The molecule has 0 aliphatic heterocycles. The smallest absolute Gasteiger partial charge is 0.326 e. The number of carbonyl (C=O) groups is 3. The van der Waals surface area contributed by atoms with Crippen LogP contribution in [0, 0.1) is 5.82 Å². The normalized spacial score (nSPS) is 11.7. The van der Waals surface area contributed by atoms with Crippen molar-refractivity contribution in [2.75, 3.05) is 6.54 Å². The molecule has 0 saturated heterocycles. The fourth-order valence-corrected chi connectivity index (χ4v) is 2.27. The van der Waals surface area contributed by atoms with Gasteiger partial charge in [0.15, 0.2) is 0 Å². The zero-order valence-corrected chi connectivity index (χ0v) is 14.4. The first-order valence-corrected chi connectivity index (χ1v) is 8.21. The van der Waals surface area contributed by atoms with Crippen LogP contribution < -0.4 is 10.6 Å². The van der Waals surface area contributed by atoms with Crippen LogP contribution in [-0.4, -0.2) is 35.5 Å². The Hall–Kier alpha value is -3.48. The SMILES string of the molecule is O=C(C=Cc1ccc(F)cc1)NCC(=O)N[C@@H](Cc1ccccc1)C(=O)O. The van der Waals surface area contributed by atoms with Gasteiger partial charge in [0.1, 0.15) is 11.9 Å². The Morgan fingerprint density at radius 1 is 1.04 bits per heavy atom. The fourth-order valence-electron chi connectivity index (χ4n) is 2.27. The van der Waals surface area contributed by atoms with E-state index in [0.29, 0.717) is 5.56 Å². The lowest BCUT2D eigenvalue weighted by Gasteiger charge is -2.14. The second kappa shape index (κ2) is 9.86. The molecule has 0 unspecified atom stereocenters. The van der Waals surface area contributed by atoms with Crippen LogP contribution in [0.25, 0.3) is 6.08 Å². The highest BCUT2D eigenvalue weighted by Crippen LogP contribution is 2.05. The fraction of sp³-hybridized carbons (Fsp3) is 0.150. The van der Waals surface area contributed by atoms with E-state index in [0.717, 1.165) is 5.56 Å². The lowest BCUT2D eigenvalue weighted by atomic mass is 10.1. The first-order valence-electron chi connectivity index (χ1n) is 8.21. The van der Waals surface area contributed by atoms with Crippen molar-refractivity contribution >= 4 is 23.9 Å². The molecule has 0 spiro atoms. The van der Waals surface area contributed by atoms with Crippen molar-refractivity contribution in [2.45, 2.75) is 12.5 Å². The Kier molecular flexibility index (Phi) is 7.25. The molecule has 0 bridgehead atoms. The molecule has 2 aromatic carbocycles. The van der Waals surface area contributed by atoms with Gasteiger partial charge in [-0.25, -0.2) is 9.18 Å². The number of aliphatic carboxylic acids is 1. The zero-order chi connectivity index (χ0) is 19.6. The molecular weight excluding hydrogens is 351 g/mol. The number of carboxylic acids is 1. The van der Waals surface area contributed by atoms with Gasteiger partial charge in [-0.3, -0.25) is 9.59 Å². The van der Waals surface area contributed by atoms with Gasteiger partial charge in [-0.2, -0.15) is 0 Å². The van der Waals surface area contributed by atoms with Crippen molar-refractivity contribution in [3.8, 4) is 0 Å². The van der Waals surface area contributed by atoms with E-state index in [1.54, 1.807) is 24.3 Å². The molecule has 2 amide bonds. The average Bonchev–Trinajstić information content (AvgIpc) is 2.66. The summed E-state index contributed by atoms with van der Waals surface area (Å²) in [7, 11) is 0. The third-order valence-electron chi connectivity index (χ3n) is 3.64. The predicted molar refractivity (Wildman–Crippen MR) is 98.2 cm³/mol. The summed E-state index contributed by atoms with van der Waals surface area (Å²) in [5.41, 5.74) is 1.40. The van der Waals surface area contributed by atoms with Gasteiger partial charge in [-0.15, -0.1) is 0 Å². The van der Waals surface area contributed by atoms with Gasteiger partial charge < -0.3 is 15.7 Å². The van der Waals surface area contributed by atoms with Crippen LogP contribution in [0.4, 0.5) is 4.39 Å². The van der Waals surface area contributed by atoms with Gasteiger partial charge in [-0.05, 0) is 29.3 Å². The Balaban J connectivity index is 1.81. The van der Waals surface area contributed by atoms with Gasteiger partial charge in [0.05, 0.1) is 6.54 Å². The maximum absolute atomic E-state index is 12.8. The van der Waals surface area contributed by atoms with Crippen LogP contribution in [0.1, 0.15) is 11.1 Å². The zero-order valence-electron chi connectivity index (χ0n) is 14.4. The van der Waals surface area contributed by atoms with E-state index in [2.05, 4.69) is 10.6 Å². The molecule has 0 fully saturated rings. The molecule has 0 aromatic heterocycles. The summed E-state index contributed by atoms with van der Waals surface area (Å²) in [6.07, 6.45) is 2.82. The monoisotopic (exact) mass is 370 g/mol. The molecule has 2 rings (SSSR count). The van der Waals surface area contributed by atoms with Crippen molar-refractivity contribution in [2.24, 2.45) is 0 Å². The molecule has 27 heavy (non-hydrogen) atoms. The summed E-state index contributed by atoms with van der Waals surface area (Å²) in [5.74, 6) is -2.67. The Bertz CT molecular complexity index is 820. The van der Waals surface area contributed by atoms with Crippen molar-refractivity contribution in [3.05, 3.63) is 77.6 Å². The maximum Gasteiger partial charge on any atom is 0.326 e. The van der Waals surface area contributed by atoms with E-state index in [-0.39, 0.29) is 18.8 Å². The Labute approximate surface area is 155 Å². The van der Waals surface area contributed by atoms with Gasteiger partial charge >= 0.3 is 5.97 Å². The van der Waals surface area contributed by atoms with Crippen LogP contribution in [-0.2, 0) is 20.8 Å². The molecule has 1 atom stereocenters. The van der Waals surface area contributed by atoms with Crippen molar-refractivity contribution in [1.29, 1.82) is 0 Å². The molecule has 140 valence electrons. The van der Waals surface area contributed by atoms with E-state index in [9.17, 15) is 23.9 Å². The summed E-state index contributed by atoms with van der Waals surface area (Å²) in [4.78, 5) is 35.0. The van der Waals surface area contributed by atoms with E-state index in [1.165, 1.54) is 36.4 Å². The van der Waals surface area contributed by atoms with Gasteiger partial charge in [0.25, 0.3) is 0 Å². The minimum Gasteiger partial charge on any atom is -0.480 e. The van der Waals surface area contributed by atoms with Gasteiger partial charge in [0, 0.05) is 12.5 Å². The lowest BCUT2D eigenvalue weighted by Crippen LogP contribution is -2.46. The second-order valence-electron chi connectivity index (χ2n) is 5.75. The molecule has 2 aromatic rings. The predicted octanol–water partition coefficient (Wildman–Crippen LogP) is 1.77. The van der Waals surface area contributed by atoms with Gasteiger partial charge in [0.2, 0.25) is 11.8 Å². The standard InChI is InChI=1S/C20H19FN2O4/c21-16-9-6-14(7-10-16)8-11-18(24)22-13-19(25)23-17(20(26)27)12-15-4-2-1-3-5-15/h1-11,17H,12-13H2,(H,22,24)(H,23,25)(H,26,27)/t17-/m0/s1. The molecule has 0 heterocycles. The summed E-state index contributed by atoms with van der Waals surface area (Å²) in [5, 5.41) is 14.0. The number of benzene rings is 2. The topological polar surface area (TPSA) is 95.5 Å². The maximum atomic E-state index is 12.8. The highest BCUT2D eigenvalue weighted by Gasteiger charge is 2.20. The largest absolute Gasteiger partial charge is 0.480 e. The van der Waals surface area contributed by atoms with Crippen LogP contribution >= 0.6 is 0 Å². The molecule has 0 radical (unpaired) electrons. The summed E-state index contributed by atoms with van der Waals surface area (Å²) < 4.78 is 12.8. The summed E-state index contributed by atoms with van der Waals surface area (Å²) >= 11 is 0. The second-order valence-corrected chi connectivity index (χ2v) is 5.75. The average molecular weight is 370 g/mol. The van der Waals surface area contributed by atoms with E-state index in [4.69, 9.17) is 0 Å². The highest BCUT2D eigenvalue weighted by atomic mass is 19.1. The number of hydrogen-bond acceptors (Lipinski definition) is 3. The number of carboxylic acid groups (broad SMARTS) is 1. The van der Waals surface area contributed by atoms with Crippen molar-refractivity contribution < 1.29 is 23.9 Å². The summed E-state index contributed by atoms with van der Waals surface area (Å²) in [6.45, 7) is -0.356. The molecule has 0 saturated carbocycles. The third kappa shape index (κ3) is 7.11. The van der Waals surface area contributed by atoms with Crippen LogP contribution in [0.15, 0.2) is 60.7 Å². The quantitative estimate of drug-likeness (QED) is 0.617. The number of amides is 2. The Morgan fingerprint density at radius 2 is 1.70 bits per heavy atom. The molecule has 3 N–H and O–H groups in total. The highest BCUT2D eigenvalue weighted by molar-refractivity contribution is 5.94. The van der Waals surface area contributed by atoms with E-state index >= 15 is 0 Å². The van der Waals surface area contributed by atoms with Gasteiger partial charge in [-0.1, -0.05) is 42.5 Å². The minimum absolute atomic E-state index is 0.139. The number of carbonyl (C=O) groups excluding carboxylic acids is 2. The molecule has 0 aliphatic carbocycles.